The van der Waals surface area contributed by atoms with Crippen LogP contribution in [0, 0.1) is 0 Å². The minimum atomic E-state index is -0.972. The van der Waals surface area contributed by atoms with Crippen LogP contribution in [0.3, 0.4) is 0 Å². The number of ether oxygens (including phenoxy) is 1. The van der Waals surface area contributed by atoms with Crippen LogP contribution in [-0.4, -0.2) is 53.1 Å². The standard InChI is InChI=1S/C20H26N2O5/c23-18(13-16-8-2-4-11-27-16)21-15-7-5-6-14(12-15)19(24)22-10-3-1-9-17(22)20(25)26/h5-7,12,16-17H,1-4,8-11,13H2,(H,21,23)(H,25,26). The van der Waals surface area contributed by atoms with E-state index in [4.69, 9.17) is 4.74 Å². The van der Waals surface area contributed by atoms with Gasteiger partial charge in [-0.2, -0.15) is 0 Å². The van der Waals surface area contributed by atoms with Crippen molar-refractivity contribution in [2.45, 2.75) is 57.1 Å². The molecular weight excluding hydrogens is 348 g/mol. The molecule has 2 heterocycles. The Bertz CT molecular complexity index is 699. The van der Waals surface area contributed by atoms with Gasteiger partial charge in [-0.1, -0.05) is 6.07 Å². The summed E-state index contributed by atoms with van der Waals surface area (Å²) in [6, 6.07) is 5.89. The van der Waals surface area contributed by atoms with Crippen LogP contribution >= 0.6 is 0 Å². The van der Waals surface area contributed by atoms with E-state index >= 15 is 0 Å². The number of nitrogens with zero attached hydrogens (tertiary/aromatic N) is 1. The molecule has 1 aromatic rings. The maximum atomic E-state index is 12.8. The number of carbonyl (C=O) groups is 3. The van der Waals surface area contributed by atoms with Gasteiger partial charge >= 0.3 is 5.97 Å². The molecule has 27 heavy (non-hydrogen) atoms. The van der Waals surface area contributed by atoms with Gasteiger partial charge in [-0.25, -0.2) is 4.79 Å². The van der Waals surface area contributed by atoms with Crippen LogP contribution in [0.5, 0.6) is 0 Å². The first kappa shape index (κ1) is 19.4. The van der Waals surface area contributed by atoms with Gasteiger partial charge in [-0.05, 0) is 56.7 Å². The average Bonchev–Trinajstić information content (AvgIpc) is 2.68. The predicted molar refractivity (Wildman–Crippen MR) is 99.6 cm³/mol. The van der Waals surface area contributed by atoms with E-state index in [1.54, 1.807) is 24.3 Å². The van der Waals surface area contributed by atoms with E-state index in [0.717, 1.165) is 32.1 Å². The molecule has 0 aromatic heterocycles. The molecule has 2 saturated heterocycles. The highest BCUT2D eigenvalue weighted by Crippen LogP contribution is 2.22. The highest BCUT2D eigenvalue weighted by atomic mass is 16.5. The van der Waals surface area contributed by atoms with E-state index in [1.165, 1.54) is 4.90 Å². The topological polar surface area (TPSA) is 95.9 Å². The summed E-state index contributed by atoms with van der Waals surface area (Å²) in [6.45, 7) is 1.13. The van der Waals surface area contributed by atoms with Gasteiger partial charge in [0, 0.05) is 24.4 Å². The van der Waals surface area contributed by atoms with E-state index in [0.29, 0.717) is 37.2 Å². The van der Waals surface area contributed by atoms with E-state index in [9.17, 15) is 19.5 Å². The molecule has 0 bridgehead atoms. The second-order valence-electron chi connectivity index (χ2n) is 7.17. The van der Waals surface area contributed by atoms with E-state index in [-0.39, 0.29) is 17.9 Å². The molecule has 0 saturated carbocycles. The van der Waals surface area contributed by atoms with Gasteiger partial charge < -0.3 is 20.1 Å². The molecule has 2 aliphatic heterocycles. The number of likely N-dealkylation sites (tertiary alicyclic amines) is 1. The molecule has 0 aliphatic carbocycles. The number of benzene rings is 1. The molecule has 2 aliphatic rings. The zero-order valence-corrected chi connectivity index (χ0v) is 15.4. The molecule has 2 unspecified atom stereocenters. The van der Waals surface area contributed by atoms with Crippen molar-refractivity contribution in [1.29, 1.82) is 0 Å². The van der Waals surface area contributed by atoms with E-state index in [2.05, 4.69) is 5.32 Å². The van der Waals surface area contributed by atoms with Gasteiger partial charge in [0.05, 0.1) is 12.5 Å². The Hall–Kier alpha value is -2.41. The third-order valence-corrected chi connectivity index (χ3v) is 5.13. The highest BCUT2D eigenvalue weighted by Gasteiger charge is 2.32. The second-order valence-corrected chi connectivity index (χ2v) is 7.17. The van der Waals surface area contributed by atoms with Crippen molar-refractivity contribution >= 4 is 23.5 Å². The van der Waals surface area contributed by atoms with Crippen LogP contribution in [0.15, 0.2) is 24.3 Å². The van der Waals surface area contributed by atoms with E-state index in [1.807, 2.05) is 0 Å². The first-order chi connectivity index (χ1) is 13.0. The molecular formula is C20H26N2O5. The van der Waals surface area contributed by atoms with Crippen LogP contribution in [0.25, 0.3) is 0 Å². The summed E-state index contributed by atoms with van der Waals surface area (Å²) in [4.78, 5) is 37.9. The monoisotopic (exact) mass is 374 g/mol. The fourth-order valence-electron chi connectivity index (χ4n) is 3.71. The van der Waals surface area contributed by atoms with Crippen LogP contribution in [0.4, 0.5) is 5.69 Å². The zero-order chi connectivity index (χ0) is 19.2. The Balaban J connectivity index is 1.64. The Labute approximate surface area is 158 Å². The molecule has 2 amide bonds. The summed E-state index contributed by atoms with van der Waals surface area (Å²) in [5.41, 5.74) is 0.917. The number of aliphatic carboxylic acids is 1. The lowest BCUT2D eigenvalue weighted by atomic mass is 10.0. The third kappa shape index (κ3) is 5.07. The molecule has 7 nitrogen and oxygen atoms in total. The number of anilines is 1. The normalized spacial score (nSPS) is 22.9. The fourth-order valence-corrected chi connectivity index (χ4v) is 3.71. The number of carboxylic acids is 1. The minimum Gasteiger partial charge on any atom is -0.480 e. The second kappa shape index (κ2) is 8.99. The molecule has 2 atom stereocenters. The van der Waals surface area contributed by atoms with Crippen molar-refractivity contribution in [2.24, 2.45) is 0 Å². The van der Waals surface area contributed by atoms with Crippen molar-refractivity contribution in [3.05, 3.63) is 29.8 Å². The molecule has 7 heteroatoms. The number of carboxylic acid groups (broad SMARTS) is 1. The SMILES string of the molecule is O=C(CC1CCCCO1)Nc1cccc(C(=O)N2CCCCC2C(=O)O)c1. The summed E-state index contributed by atoms with van der Waals surface area (Å²) in [5, 5.41) is 12.2. The van der Waals surface area contributed by atoms with Crippen molar-refractivity contribution in [2.75, 3.05) is 18.5 Å². The molecule has 1 aromatic carbocycles. The number of hydrogen-bond donors (Lipinski definition) is 2. The number of piperidine rings is 1. The van der Waals surface area contributed by atoms with Crippen molar-refractivity contribution in [1.82, 2.24) is 4.90 Å². The van der Waals surface area contributed by atoms with Crippen molar-refractivity contribution < 1.29 is 24.2 Å². The number of hydrogen-bond acceptors (Lipinski definition) is 4. The summed E-state index contributed by atoms with van der Waals surface area (Å²) >= 11 is 0. The van der Waals surface area contributed by atoms with Gasteiger partial charge in [0.15, 0.2) is 0 Å². The number of rotatable bonds is 5. The molecule has 2 fully saturated rings. The summed E-state index contributed by atoms with van der Waals surface area (Å²) in [5.74, 6) is -1.43. The van der Waals surface area contributed by atoms with E-state index < -0.39 is 12.0 Å². The Morgan fingerprint density at radius 3 is 2.70 bits per heavy atom. The number of nitrogens with one attached hydrogen (secondary N) is 1. The summed E-state index contributed by atoms with van der Waals surface area (Å²) in [7, 11) is 0. The fraction of sp³-hybridized carbons (Fsp3) is 0.550. The van der Waals surface area contributed by atoms with Crippen molar-refractivity contribution in [3.63, 3.8) is 0 Å². The largest absolute Gasteiger partial charge is 0.480 e. The van der Waals surface area contributed by atoms with Crippen LogP contribution < -0.4 is 5.32 Å². The smallest absolute Gasteiger partial charge is 0.326 e. The van der Waals surface area contributed by atoms with Gasteiger partial charge in [0.25, 0.3) is 5.91 Å². The maximum absolute atomic E-state index is 12.8. The van der Waals surface area contributed by atoms with Crippen LogP contribution in [0.2, 0.25) is 0 Å². The summed E-state index contributed by atoms with van der Waals surface area (Å²) < 4.78 is 5.58. The first-order valence-corrected chi connectivity index (χ1v) is 9.60. The van der Waals surface area contributed by atoms with Gasteiger partial charge in [-0.15, -0.1) is 0 Å². The van der Waals surface area contributed by atoms with Gasteiger partial charge in [-0.3, -0.25) is 9.59 Å². The molecule has 0 radical (unpaired) electrons. The zero-order valence-electron chi connectivity index (χ0n) is 15.4. The highest BCUT2D eigenvalue weighted by molar-refractivity contribution is 5.99. The number of carbonyl (C=O) groups excluding carboxylic acids is 2. The Morgan fingerprint density at radius 2 is 1.96 bits per heavy atom. The van der Waals surface area contributed by atoms with Crippen LogP contribution in [-0.2, 0) is 14.3 Å². The predicted octanol–water partition coefficient (Wildman–Crippen LogP) is 2.66. The van der Waals surface area contributed by atoms with Gasteiger partial charge in [0.2, 0.25) is 5.91 Å². The third-order valence-electron chi connectivity index (χ3n) is 5.13. The maximum Gasteiger partial charge on any atom is 0.326 e. The average molecular weight is 374 g/mol. The summed E-state index contributed by atoms with van der Waals surface area (Å²) in [6.07, 6.45) is 5.32. The quantitative estimate of drug-likeness (QED) is 0.826. The van der Waals surface area contributed by atoms with Gasteiger partial charge in [0.1, 0.15) is 6.04 Å². The molecule has 0 spiro atoms. The lowest BCUT2D eigenvalue weighted by molar-refractivity contribution is -0.143. The minimum absolute atomic E-state index is 0.0479. The lowest BCUT2D eigenvalue weighted by Gasteiger charge is -2.33. The van der Waals surface area contributed by atoms with Crippen molar-refractivity contribution in [3.8, 4) is 0 Å². The number of amides is 2. The molecule has 146 valence electrons. The Kier molecular flexibility index (Phi) is 6.45. The molecule has 2 N–H and O–H groups in total. The Morgan fingerprint density at radius 1 is 1.15 bits per heavy atom. The van der Waals surface area contributed by atoms with Crippen LogP contribution in [0.1, 0.15) is 55.3 Å². The first-order valence-electron chi connectivity index (χ1n) is 9.60. The lowest BCUT2D eigenvalue weighted by Crippen LogP contribution is -2.48. The molecule has 3 rings (SSSR count).